The van der Waals surface area contributed by atoms with E-state index in [4.69, 9.17) is 0 Å². The van der Waals surface area contributed by atoms with E-state index in [0.717, 1.165) is 36.3 Å². The molecule has 0 N–H and O–H groups in total. The van der Waals surface area contributed by atoms with E-state index < -0.39 is 0 Å². The molecular formula is C16H22BrFN2. The van der Waals surface area contributed by atoms with Crippen molar-refractivity contribution >= 4 is 21.6 Å². The molecule has 0 amide bonds. The van der Waals surface area contributed by atoms with Gasteiger partial charge in [0.1, 0.15) is 5.82 Å². The smallest absolute Gasteiger partial charge is 0.129 e. The first kappa shape index (κ1) is 14.3. The maximum Gasteiger partial charge on any atom is 0.129 e. The largest absolute Gasteiger partial charge is 0.371 e. The molecule has 2 unspecified atom stereocenters. The Morgan fingerprint density at radius 2 is 2.15 bits per heavy atom. The number of nitrogens with zero attached hydrogens (tertiary/aromatic N) is 2. The summed E-state index contributed by atoms with van der Waals surface area (Å²) < 4.78 is 13.9. The molecule has 2 aliphatic rings. The maximum atomic E-state index is 13.9. The fraction of sp³-hybridized carbons (Fsp3) is 0.625. The van der Waals surface area contributed by atoms with Crippen molar-refractivity contribution in [2.24, 2.45) is 5.92 Å². The summed E-state index contributed by atoms with van der Waals surface area (Å²) in [4.78, 5) is 4.91. The second kappa shape index (κ2) is 6.02. The van der Waals surface area contributed by atoms with Crippen LogP contribution in [0.1, 0.15) is 24.8 Å². The van der Waals surface area contributed by atoms with Crippen LogP contribution in [0.3, 0.4) is 0 Å². The molecule has 0 spiro atoms. The highest BCUT2D eigenvalue weighted by Gasteiger charge is 2.34. The van der Waals surface area contributed by atoms with Crippen LogP contribution < -0.4 is 4.90 Å². The molecule has 1 aromatic rings. The fourth-order valence-electron chi connectivity index (χ4n) is 3.85. The van der Waals surface area contributed by atoms with E-state index in [1.54, 1.807) is 6.07 Å². The number of piperidine rings is 2. The van der Waals surface area contributed by atoms with Gasteiger partial charge in [0.05, 0.1) is 0 Å². The summed E-state index contributed by atoms with van der Waals surface area (Å²) in [5, 5.41) is 0.583. The highest BCUT2D eigenvalue weighted by Crippen LogP contribution is 2.34. The van der Waals surface area contributed by atoms with Crippen LogP contribution >= 0.6 is 15.9 Å². The Hall–Kier alpha value is -0.610. The van der Waals surface area contributed by atoms with E-state index >= 15 is 0 Å². The Bertz CT molecular complexity index is 480. The van der Waals surface area contributed by atoms with Gasteiger partial charge in [0.25, 0.3) is 0 Å². The number of hydrogen-bond acceptors (Lipinski definition) is 2. The van der Waals surface area contributed by atoms with Crippen molar-refractivity contribution < 1.29 is 4.39 Å². The average Bonchev–Trinajstić information content (AvgIpc) is 2.47. The average molecular weight is 341 g/mol. The molecule has 110 valence electrons. The molecule has 0 radical (unpaired) electrons. The van der Waals surface area contributed by atoms with Gasteiger partial charge < -0.3 is 9.80 Å². The summed E-state index contributed by atoms with van der Waals surface area (Å²) in [6.45, 7) is 3.33. The zero-order valence-electron chi connectivity index (χ0n) is 12.0. The van der Waals surface area contributed by atoms with Gasteiger partial charge in [0.15, 0.2) is 0 Å². The Balaban J connectivity index is 1.81. The van der Waals surface area contributed by atoms with Crippen LogP contribution in [0, 0.1) is 11.7 Å². The van der Waals surface area contributed by atoms with Crippen LogP contribution in [0.25, 0.3) is 0 Å². The van der Waals surface area contributed by atoms with Crippen LogP contribution in [-0.2, 0) is 5.33 Å². The second-order valence-corrected chi connectivity index (χ2v) is 6.62. The van der Waals surface area contributed by atoms with Crippen molar-refractivity contribution in [1.29, 1.82) is 0 Å². The van der Waals surface area contributed by atoms with Gasteiger partial charge in [-0.3, -0.25) is 0 Å². The number of halogens is 2. The first-order valence-corrected chi connectivity index (χ1v) is 8.61. The minimum atomic E-state index is -0.0951. The van der Waals surface area contributed by atoms with Gasteiger partial charge >= 0.3 is 0 Å². The first-order chi connectivity index (χ1) is 9.70. The van der Waals surface area contributed by atoms with Crippen LogP contribution in [0.15, 0.2) is 18.2 Å². The van der Waals surface area contributed by atoms with Crippen LogP contribution in [0.2, 0.25) is 0 Å². The van der Waals surface area contributed by atoms with Crippen molar-refractivity contribution in [3.63, 3.8) is 0 Å². The van der Waals surface area contributed by atoms with Crippen molar-refractivity contribution in [3.05, 3.63) is 29.6 Å². The minimum absolute atomic E-state index is 0.0951. The summed E-state index contributed by atoms with van der Waals surface area (Å²) in [6.07, 6.45) is 3.80. The monoisotopic (exact) mass is 340 g/mol. The fourth-order valence-corrected chi connectivity index (χ4v) is 4.40. The number of benzene rings is 1. The predicted octanol–water partition coefficient (Wildman–Crippen LogP) is 3.64. The lowest BCUT2D eigenvalue weighted by molar-refractivity contribution is 0.102. The molecule has 3 rings (SSSR count). The summed E-state index contributed by atoms with van der Waals surface area (Å²) in [6, 6.07) is 6.17. The van der Waals surface area contributed by atoms with Gasteiger partial charge in [0, 0.05) is 35.7 Å². The Kier molecular flexibility index (Phi) is 4.32. The highest BCUT2D eigenvalue weighted by atomic mass is 79.9. The third kappa shape index (κ3) is 2.60. The molecule has 0 aliphatic carbocycles. The van der Waals surface area contributed by atoms with E-state index in [1.807, 2.05) is 6.07 Å². The number of rotatable bonds is 2. The Labute approximate surface area is 129 Å². The summed E-state index contributed by atoms with van der Waals surface area (Å²) >= 11 is 3.43. The van der Waals surface area contributed by atoms with Crippen LogP contribution in [0.5, 0.6) is 0 Å². The molecule has 20 heavy (non-hydrogen) atoms. The molecule has 2 aliphatic heterocycles. The summed E-state index contributed by atoms with van der Waals surface area (Å²) in [5.74, 6) is 0.635. The van der Waals surface area contributed by atoms with E-state index in [1.165, 1.54) is 25.8 Å². The van der Waals surface area contributed by atoms with Crippen LogP contribution in [-0.4, -0.2) is 37.6 Å². The molecule has 0 saturated carbocycles. The van der Waals surface area contributed by atoms with Crippen molar-refractivity contribution in [3.8, 4) is 0 Å². The standard InChI is InChI=1S/C16H22BrFN2/c1-19-8-3-4-12-11-20(9-7-15(12)19)16-6-2-5-14(18)13(16)10-17/h2,5-6,12,15H,3-4,7-11H2,1H3. The van der Waals surface area contributed by atoms with E-state index in [0.29, 0.717) is 5.33 Å². The van der Waals surface area contributed by atoms with Crippen molar-refractivity contribution in [1.82, 2.24) is 4.90 Å². The topological polar surface area (TPSA) is 6.48 Å². The third-order valence-electron chi connectivity index (χ3n) is 4.91. The van der Waals surface area contributed by atoms with Gasteiger partial charge in [-0.1, -0.05) is 22.0 Å². The van der Waals surface area contributed by atoms with E-state index in [2.05, 4.69) is 38.8 Å². The lowest BCUT2D eigenvalue weighted by Crippen LogP contribution is -2.52. The Morgan fingerprint density at radius 3 is 2.95 bits per heavy atom. The maximum absolute atomic E-state index is 13.9. The molecule has 0 aromatic heterocycles. The number of fused-ring (bicyclic) bond motifs is 1. The quantitative estimate of drug-likeness (QED) is 0.758. The number of anilines is 1. The molecule has 0 bridgehead atoms. The summed E-state index contributed by atoms with van der Waals surface area (Å²) in [7, 11) is 2.25. The van der Waals surface area contributed by atoms with Crippen LogP contribution in [0.4, 0.5) is 10.1 Å². The Morgan fingerprint density at radius 1 is 1.30 bits per heavy atom. The third-order valence-corrected chi connectivity index (χ3v) is 5.47. The SMILES string of the molecule is CN1CCCC2CN(c3cccc(F)c3CBr)CCC21. The van der Waals surface area contributed by atoms with Crippen molar-refractivity contribution in [2.75, 3.05) is 31.6 Å². The van der Waals surface area contributed by atoms with Gasteiger partial charge in [0.2, 0.25) is 0 Å². The molecule has 2 saturated heterocycles. The van der Waals surface area contributed by atoms with E-state index in [-0.39, 0.29) is 5.82 Å². The predicted molar refractivity (Wildman–Crippen MR) is 85.0 cm³/mol. The number of likely N-dealkylation sites (tertiary alicyclic amines) is 1. The first-order valence-electron chi connectivity index (χ1n) is 7.49. The molecule has 2 nitrogen and oxygen atoms in total. The number of hydrogen-bond donors (Lipinski definition) is 0. The van der Waals surface area contributed by atoms with Gasteiger partial charge in [-0.05, 0) is 50.9 Å². The normalized spacial score (nSPS) is 27.4. The molecular weight excluding hydrogens is 319 g/mol. The van der Waals surface area contributed by atoms with E-state index in [9.17, 15) is 4.39 Å². The lowest BCUT2D eigenvalue weighted by Gasteiger charge is -2.47. The highest BCUT2D eigenvalue weighted by molar-refractivity contribution is 9.08. The van der Waals surface area contributed by atoms with Crippen molar-refractivity contribution in [2.45, 2.75) is 30.6 Å². The zero-order valence-corrected chi connectivity index (χ0v) is 13.6. The summed E-state index contributed by atoms with van der Waals surface area (Å²) in [5.41, 5.74) is 1.88. The second-order valence-electron chi connectivity index (χ2n) is 6.06. The lowest BCUT2D eigenvalue weighted by atomic mass is 9.84. The van der Waals surface area contributed by atoms with Gasteiger partial charge in [-0.2, -0.15) is 0 Å². The molecule has 2 fully saturated rings. The molecule has 2 heterocycles. The van der Waals surface area contributed by atoms with Gasteiger partial charge in [-0.15, -0.1) is 0 Å². The zero-order chi connectivity index (χ0) is 14.1. The molecule has 1 aromatic carbocycles. The number of alkyl halides is 1. The molecule has 4 heteroatoms. The molecule has 2 atom stereocenters. The minimum Gasteiger partial charge on any atom is -0.371 e. The van der Waals surface area contributed by atoms with Gasteiger partial charge in [-0.25, -0.2) is 4.39 Å².